The number of fused-ring (bicyclic) bond motifs is 1. The lowest BCUT2D eigenvalue weighted by atomic mass is 10.1. The van der Waals surface area contributed by atoms with Crippen molar-refractivity contribution in [3.63, 3.8) is 0 Å². The van der Waals surface area contributed by atoms with Crippen molar-refractivity contribution in [1.29, 1.82) is 5.26 Å². The van der Waals surface area contributed by atoms with Crippen LogP contribution in [0.1, 0.15) is 16.7 Å². The third kappa shape index (κ3) is 2.69. The summed E-state index contributed by atoms with van der Waals surface area (Å²) in [5.41, 5.74) is 9.37. The molecule has 1 aliphatic rings. The average Bonchev–Trinajstić information content (AvgIpc) is 2.76. The number of hydrogen-bond acceptors (Lipinski definition) is 4. The Morgan fingerprint density at radius 3 is 2.90 bits per heavy atom. The molecular formula is C17H17N3O. The van der Waals surface area contributed by atoms with Crippen LogP contribution in [-0.2, 0) is 13.1 Å². The van der Waals surface area contributed by atoms with Crippen molar-refractivity contribution in [3.05, 3.63) is 59.2 Å². The molecule has 1 heterocycles. The third-order valence-corrected chi connectivity index (χ3v) is 3.71. The fraction of sp³-hybridized carbons (Fsp3) is 0.235. The molecule has 0 unspecified atom stereocenters. The van der Waals surface area contributed by atoms with Gasteiger partial charge in [-0.2, -0.15) is 5.26 Å². The monoisotopic (exact) mass is 279 g/mol. The number of benzene rings is 2. The Hall–Kier alpha value is -2.51. The number of hydrogen-bond donors (Lipinski definition) is 1. The van der Waals surface area contributed by atoms with E-state index >= 15 is 0 Å². The zero-order chi connectivity index (χ0) is 14.7. The van der Waals surface area contributed by atoms with Crippen molar-refractivity contribution >= 4 is 5.69 Å². The molecule has 4 heteroatoms. The summed E-state index contributed by atoms with van der Waals surface area (Å²) < 4.78 is 5.77. The summed E-state index contributed by atoms with van der Waals surface area (Å²) in [6.07, 6.45) is 0. The minimum atomic E-state index is 0.445. The van der Waals surface area contributed by atoms with Crippen molar-refractivity contribution in [2.45, 2.75) is 13.1 Å². The van der Waals surface area contributed by atoms with Gasteiger partial charge in [0.05, 0.1) is 17.8 Å². The van der Waals surface area contributed by atoms with E-state index in [0.29, 0.717) is 18.7 Å². The molecule has 106 valence electrons. The summed E-state index contributed by atoms with van der Waals surface area (Å²) in [7, 11) is 0. The van der Waals surface area contributed by atoms with E-state index in [-0.39, 0.29) is 0 Å². The van der Waals surface area contributed by atoms with Crippen molar-refractivity contribution in [3.8, 4) is 11.8 Å². The highest BCUT2D eigenvalue weighted by atomic mass is 16.5. The smallest absolute Gasteiger partial charge is 0.124 e. The Morgan fingerprint density at radius 1 is 1.24 bits per heavy atom. The van der Waals surface area contributed by atoms with Gasteiger partial charge in [0.2, 0.25) is 0 Å². The maximum atomic E-state index is 9.39. The summed E-state index contributed by atoms with van der Waals surface area (Å²) in [4.78, 5) is 2.19. The minimum absolute atomic E-state index is 0.445. The number of nitriles is 1. The van der Waals surface area contributed by atoms with Gasteiger partial charge in [0.15, 0.2) is 0 Å². The molecule has 2 N–H and O–H groups in total. The Morgan fingerprint density at radius 2 is 2.10 bits per heavy atom. The first-order valence-corrected chi connectivity index (χ1v) is 7.00. The standard InChI is InChI=1S/C17H17N3O/c18-10-13-5-6-16(15(9-13)11-19)20-7-8-21-17-4-2-1-3-14(17)12-20/h1-6,9H,7-8,10,12,18H2. The van der Waals surface area contributed by atoms with Crippen LogP contribution in [0.3, 0.4) is 0 Å². The molecule has 21 heavy (non-hydrogen) atoms. The van der Waals surface area contributed by atoms with E-state index in [9.17, 15) is 5.26 Å². The highest BCUT2D eigenvalue weighted by Gasteiger charge is 2.17. The minimum Gasteiger partial charge on any atom is -0.491 e. The summed E-state index contributed by atoms with van der Waals surface area (Å²) in [6, 6.07) is 16.1. The molecule has 0 radical (unpaired) electrons. The maximum Gasteiger partial charge on any atom is 0.124 e. The molecular weight excluding hydrogens is 262 g/mol. The molecule has 0 atom stereocenters. The molecule has 0 amide bonds. The van der Waals surface area contributed by atoms with Crippen LogP contribution in [0.25, 0.3) is 0 Å². The van der Waals surface area contributed by atoms with Gasteiger partial charge in [-0.15, -0.1) is 0 Å². The molecule has 0 fully saturated rings. The SMILES string of the molecule is N#Cc1cc(CN)ccc1N1CCOc2ccccc2C1. The van der Waals surface area contributed by atoms with Crippen molar-refractivity contribution in [2.24, 2.45) is 5.73 Å². The second-order valence-electron chi connectivity index (χ2n) is 5.05. The lowest BCUT2D eigenvalue weighted by molar-refractivity contribution is 0.331. The number of nitrogens with two attached hydrogens (primary N) is 1. The Balaban J connectivity index is 1.96. The van der Waals surface area contributed by atoms with Gasteiger partial charge in [-0.05, 0) is 23.8 Å². The van der Waals surface area contributed by atoms with Crippen LogP contribution in [0.4, 0.5) is 5.69 Å². The molecule has 0 spiro atoms. The second kappa shape index (κ2) is 5.86. The molecule has 2 aromatic rings. The molecule has 0 saturated carbocycles. The van der Waals surface area contributed by atoms with Crippen LogP contribution in [-0.4, -0.2) is 13.2 Å². The summed E-state index contributed by atoms with van der Waals surface area (Å²) in [5, 5.41) is 9.39. The van der Waals surface area contributed by atoms with Crippen LogP contribution in [0.5, 0.6) is 5.75 Å². The lowest BCUT2D eigenvalue weighted by Crippen LogP contribution is -2.26. The topological polar surface area (TPSA) is 62.3 Å². The fourth-order valence-corrected chi connectivity index (χ4v) is 2.61. The summed E-state index contributed by atoms with van der Waals surface area (Å²) in [5.74, 6) is 0.928. The maximum absolute atomic E-state index is 9.39. The molecule has 0 bridgehead atoms. The van der Waals surface area contributed by atoms with Crippen LogP contribution >= 0.6 is 0 Å². The van der Waals surface area contributed by atoms with Gasteiger partial charge < -0.3 is 15.4 Å². The van der Waals surface area contributed by atoms with Crippen LogP contribution in [0.15, 0.2) is 42.5 Å². The van der Waals surface area contributed by atoms with E-state index in [1.165, 1.54) is 0 Å². The third-order valence-electron chi connectivity index (χ3n) is 3.71. The molecule has 0 aliphatic carbocycles. The summed E-state index contributed by atoms with van der Waals surface area (Å²) >= 11 is 0. The van der Waals surface area contributed by atoms with Gasteiger partial charge in [0.1, 0.15) is 18.4 Å². The van der Waals surface area contributed by atoms with Crippen LogP contribution < -0.4 is 15.4 Å². The number of rotatable bonds is 2. The second-order valence-corrected chi connectivity index (χ2v) is 5.05. The van der Waals surface area contributed by atoms with Gasteiger partial charge >= 0.3 is 0 Å². The van der Waals surface area contributed by atoms with E-state index in [1.54, 1.807) is 0 Å². The normalized spacial score (nSPS) is 13.8. The van der Waals surface area contributed by atoms with Crippen molar-refractivity contribution in [1.82, 2.24) is 0 Å². The van der Waals surface area contributed by atoms with E-state index < -0.39 is 0 Å². The molecule has 0 aromatic heterocycles. The number of para-hydroxylation sites is 1. The van der Waals surface area contributed by atoms with Crippen LogP contribution in [0, 0.1) is 11.3 Å². The fourth-order valence-electron chi connectivity index (χ4n) is 2.61. The number of nitrogens with zero attached hydrogens (tertiary/aromatic N) is 2. The zero-order valence-electron chi connectivity index (χ0n) is 11.7. The van der Waals surface area contributed by atoms with Gasteiger partial charge in [-0.1, -0.05) is 24.3 Å². The predicted octanol–water partition coefficient (Wildman–Crippen LogP) is 2.42. The predicted molar refractivity (Wildman–Crippen MR) is 82.0 cm³/mol. The first-order chi connectivity index (χ1) is 10.3. The van der Waals surface area contributed by atoms with Crippen molar-refractivity contribution in [2.75, 3.05) is 18.1 Å². The molecule has 4 nitrogen and oxygen atoms in total. The zero-order valence-corrected chi connectivity index (χ0v) is 11.7. The quantitative estimate of drug-likeness (QED) is 0.917. The molecule has 1 aliphatic heterocycles. The van der Waals surface area contributed by atoms with Crippen LogP contribution in [0.2, 0.25) is 0 Å². The van der Waals surface area contributed by atoms with E-state index in [1.807, 2.05) is 36.4 Å². The van der Waals surface area contributed by atoms with E-state index in [4.69, 9.17) is 10.5 Å². The number of anilines is 1. The summed E-state index contributed by atoms with van der Waals surface area (Å²) in [6.45, 7) is 2.56. The molecule has 3 rings (SSSR count). The molecule has 0 saturated heterocycles. The average molecular weight is 279 g/mol. The van der Waals surface area contributed by atoms with Gasteiger partial charge in [0.25, 0.3) is 0 Å². The van der Waals surface area contributed by atoms with E-state index in [0.717, 1.165) is 35.7 Å². The molecule has 2 aromatic carbocycles. The van der Waals surface area contributed by atoms with Gasteiger partial charge in [0, 0.05) is 18.7 Å². The lowest BCUT2D eigenvalue weighted by Gasteiger charge is -2.23. The highest BCUT2D eigenvalue weighted by molar-refractivity contribution is 5.61. The van der Waals surface area contributed by atoms with Gasteiger partial charge in [-0.25, -0.2) is 0 Å². The Bertz CT molecular complexity index is 691. The number of ether oxygens (including phenoxy) is 1. The largest absolute Gasteiger partial charge is 0.491 e. The Labute approximate surface area is 124 Å². The first kappa shape index (κ1) is 13.5. The highest BCUT2D eigenvalue weighted by Crippen LogP contribution is 2.28. The van der Waals surface area contributed by atoms with Crippen molar-refractivity contribution < 1.29 is 4.74 Å². The van der Waals surface area contributed by atoms with E-state index in [2.05, 4.69) is 17.0 Å². The Kier molecular flexibility index (Phi) is 3.76. The van der Waals surface area contributed by atoms with Gasteiger partial charge in [-0.3, -0.25) is 0 Å². The first-order valence-electron chi connectivity index (χ1n) is 7.00.